The molecular weight excluding hydrogens is 474 g/mol. The van der Waals surface area contributed by atoms with Crippen molar-refractivity contribution in [3.05, 3.63) is 88.9 Å². The van der Waals surface area contributed by atoms with Gasteiger partial charge in [-0.05, 0) is 79.9 Å². The van der Waals surface area contributed by atoms with Gasteiger partial charge >= 0.3 is 0 Å². The Bertz CT molecular complexity index is 1270. The van der Waals surface area contributed by atoms with Gasteiger partial charge in [-0.1, -0.05) is 29.8 Å². The van der Waals surface area contributed by atoms with Crippen molar-refractivity contribution in [2.24, 2.45) is 0 Å². The summed E-state index contributed by atoms with van der Waals surface area (Å²) >= 11 is 6.08. The SMILES string of the molecule is CC(=O)N(c1ccc(Cl)cc1)[C@@H]1C[C@H](C)N(C(=O)c2ccc(OCCCC#N)cc2)c2ccccc21. The molecule has 0 bridgehead atoms. The van der Waals surface area contributed by atoms with E-state index in [1.807, 2.05) is 48.2 Å². The number of carbonyl (C=O) groups is 2. The topological polar surface area (TPSA) is 73.6 Å². The number of halogens is 1. The van der Waals surface area contributed by atoms with E-state index in [0.717, 1.165) is 16.9 Å². The number of hydrogen-bond donors (Lipinski definition) is 0. The van der Waals surface area contributed by atoms with Crippen LogP contribution in [0.5, 0.6) is 5.75 Å². The van der Waals surface area contributed by atoms with Gasteiger partial charge in [0.15, 0.2) is 0 Å². The molecule has 3 aromatic carbocycles. The lowest BCUT2D eigenvalue weighted by atomic mass is 9.89. The summed E-state index contributed by atoms with van der Waals surface area (Å²) in [5.74, 6) is 0.483. The third kappa shape index (κ3) is 5.37. The van der Waals surface area contributed by atoms with Gasteiger partial charge in [0.2, 0.25) is 5.91 Å². The molecule has 0 saturated carbocycles. The molecule has 0 spiro atoms. The van der Waals surface area contributed by atoms with Crippen LogP contribution in [0.2, 0.25) is 5.02 Å². The van der Waals surface area contributed by atoms with Crippen LogP contribution in [0.4, 0.5) is 11.4 Å². The molecule has 3 aromatic rings. The van der Waals surface area contributed by atoms with Crippen LogP contribution < -0.4 is 14.5 Å². The van der Waals surface area contributed by atoms with Gasteiger partial charge < -0.3 is 14.5 Å². The second-order valence-electron chi connectivity index (χ2n) is 8.83. The van der Waals surface area contributed by atoms with Crippen LogP contribution in [-0.4, -0.2) is 24.5 Å². The van der Waals surface area contributed by atoms with Crippen LogP contribution in [0, 0.1) is 11.3 Å². The fraction of sp³-hybridized carbons (Fsp3) is 0.276. The zero-order valence-corrected chi connectivity index (χ0v) is 21.1. The van der Waals surface area contributed by atoms with E-state index in [1.54, 1.807) is 48.2 Å². The highest BCUT2D eigenvalue weighted by atomic mass is 35.5. The monoisotopic (exact) mass is 501 g/mol. The smallest absolute Gasteiger partial charge is 0.258 e. The molecule has 0 unspecified atom stereocenters. The second-order valence-corrected chi connectivity index (χ2v) is 9.27. The van der Waals surface area contributed by atoms with E-state index in [9.17, 15) is 9.59 Å². The average molecular weight is 502 g/mol. The fourth-order valence-electron chi connectivity index (χ4n) is 4.69. The van der Waals surface area contributed by atoms with Crippen LogP contribution in [0.1, 0.15) is 55.1 Å². The number of fused-ring (bicyclic) bond motifs is 1. The maximum Gasteiger partial charge on any atom is 0.258 e. The first-order chi connectivity index (χ1) is 17.4. The Labute approximate surface area is 216 Å². The minimum Gasteiger partial charge on any atom is -0.494 e. The maximum atomic E-state index is 13.7. The molecule has 0 N–H and O–H groups in total. The quantitative estimate of drug-likeness (QED) is 0.344. The Kier molecular flexibility index (Phi) is 7.92. The largest absolute Gasteiger partial charge is 0.494 e. The van der Waals surface area contributed by atoms with Gasteiger partial charge in [-0.2, -0.15) is 5.26 Å². The molecule has 1 heterocycles. The highest BCUT2D eigenvalue weighted by Gasteiger charge is 2.38. The van der Waals surface area contributed by atoms with Crippen LogP contribution >= 0.6 is 11.6 Å². The van der Waals surface area contributed by atoms with E-state index in [0.29, 0.717) is 42.2 Å². The molecule has 184 valence electrons. The normalized spacial score (nSPS) is 16.6. The lowest BCUT2D eigenvalue weighted by Crippen LogP contribution is -2.47. The number of nitriles is 1. The van der Waals surface area contributed by atoms with Crippen molar-refractivity contribution in [3.63, 3.8) is 0 Å². The summed E-state index contributed by atoms with van der Waals surface area (Å²) in [5, 5.41) is 9.25. The third-order valence-electron chi connectivity index (χ3n) is 6.34. The Morgan fingerprint density at radius 3 is 2.44 bits per heavy atom. The number of hydrogen-bond acceptors (Lipinski definition) is 4. The maximum absolute atomic E-state index is 13.7. The van der Waals surface area contributed by atoms with Gasteiger partial charge in [0.1, 0.15) is 5.75 Å². The summed E-state index contributed by atoms with van der Waals surface area (Å²) in [5.41, 5.74) is 3.04. The van der Waals surface area contributed by atoms with Crippen molar-refractivity contribution < 1.29 is 14.3 Å². The molecule has 0 aliphatic carbocycles. The van der Waals surface area contributed by atoms with Crippen molar-refractivity contribution >= 4 is 34.8 Å². The van der Waals surface area contributed by atoms with Gasteiger partial charge in [0, 0.05) is 41.3 Å². The van der Waals surface area contributed by atoms with Crippen molar-refractivity contribution in [1.82, 2.24) is 0 Å². The summed E-state index contributed by atoms with van der Waals surface area (Å²) in [6.07, 6.45) is 1.70. The first-order valence-corrected chi connectivity index (χ1v) is 12.4. The number of anilines is 2. The molecule has 0 radical (unpaired) electrons. The predicted octanol–water partition coefficient (Wildman–Crippen LogP) is 6.56. The van der Waals surface area contributed by atoms with Gasteiger partial charge in [0.25, 0.3) is 5.91 Å². The standard InChI is InChI=1S/C29H28ClN3O3/c1-20-19-28(33(21(2)34)24-13-11-23(30)12-14-24)26-7-3-4-8-27(26)32(20)29(35)22-9-15-25(16-10-22)36-18-6-5-17-31/h3-4,7-16,20,28H,5-6,18-19H2,1-2H3/t20-,28+/m0/s1. The number of para-hydroxylation sites is 1. The lowest BCUT2D eigenvalue weighted by Gasteiger charge is -2.43. The van der Waals surface area contributed by atoms with E-state index in [4.69, 9.17) is 21.6 Å². The first kappa shape index (κ1) is 25.3. The predicted molar refractivity (Wildman–Crippen MR) is 141 cm³/mol. The van der Waals surface area contributed by atoms with E-state index < -0.39 is 0 Å². The highest BCUT2D eigenvalue weighted by molar-refractivity contribution is 6.30. The Morgan fingerprint density at radius 2 is 1.78 bits per heavy atom. The number of ether oxygens (including phenoxy) is 1. The Morgan fingerprint density at radius 1 is 1.08 bits per heavy atom. The molecule has 0 fully saturated rings. The summed E-state index contributed by atoms with van der Waals surface area (Å²) in [4.78, 5) is 30.1. The van der Waals surface area contributed by atoms with Gasteiger partial charge in [-0.3, -0.25) is 9.59 Å². The molecule has 7 heteroatoms. The minimum absolute atomic E-state index is 0.0746. The van der Waals surface area contributed by atoms with Gasteiger partial charge in [-0.25, -0.2) is 0 Å². The average Bonchev–Trinajstić information content (AvgIpc) is 2.88. The molecule has 4 rings (SSSR count). The van der Waals surface area contributed by atoms with Crippen molar-refractivity contribution in [1.29, 1.82) is 5.26 Å². The van der Waals surface area contributed by atoms with Crippen LogP contribution in [0.15, 0.2) is 72.8 Å². The van der Waals surface area contributed by atoms with Gasteiger partial charge in [-0.15, -0.1) is 0 Å². The molecular formula is C29H28ClN3O3. The van der Waals surface area contributed by atoms with Gasteiger partial charge in [0.05, 0.1) is 18.7 Å². The second kappa shape index (κ2) is 11.3. The number of carbonyl (C=O) groups excluding carboxylic acids is 2. The summed E-state index contributed by atoms with van der Waals surface area (Å²) in [7, 11) is 0. The van der Waals surface area contributed by atoms with Crippen LogP contribution in [0.3, 0.4) is 0 Å². The molecule has 2 amide bonds. The Balaban J connectivity index is 1.62. The van der Waals surface area contributed by atoms with Crippen molar-refractivity contribution in [3.8, 4) is 11.8 Å². The van der Waals surface area contributed by atoms with E-state index >= 15 is 0 Å². The molecule has 1 aliphatic rings. The molecule has 6 nitrogen and oxygen atoms in total. The molecule has 0 saturated heterocycles. The molecule has 0 aromatic heterocycles. The molecule has 2 atom stereocenters. The van der Waals surface area contributed by atoms with Crippen LogP contribution in [0.25, 0.3) is 0 Å². The Hall–Kier alpha value is -3.82. The summed E-state index contributed by atoms with van der Waals surface area (Å²) in [6, 6.07) is 23.8. The molecule has 36 heavy (non-hydrogen) atoms. The van der Waals surface area contributed by atoms with Crippen molar-refractivity contribution in [2.75, 3.05) is 16.4 Å². The van der Waals surface area contributed by atoms with Crippen LogP contribution in [-0.2, 0) is 4.79 Å². The number of nitrogens with zero attached hydrogens (tertiary/aromatic N) is 3. The van der Waals surface area contributed by atoms with E-state index in [2.05, 4.69) is 6.07 Å². The number of rotatable bonds is 7. The number of benzene rings is 3. The lowest BCUT2D eigenvalue weighted by molar-refractivity contribution is -0.117. The zero-order chi connectivity index (χ0) is 25.7. The third-order valence-corrected chi connectivity index (χ3v) is 6.59. The van der Waals surface area contributed by atoms with E-state index in [1.165, 1.54) is 0 Å². The fourth-order valence-corrected chi connectivity index (χ4v) is 4.82. The summed E-state index contributed by atoms with van der Waals surface area (Å²) < 4.78 is 5.66. The molecule has 1 aliphatic heterocycles. The first-order valence-electron chi connectivity index (χ1n) is 12.0. The number of unbranched alkanes of at least 4 members (excludes halogenated alkanes) is 1. The zero-order valence-electron chi connectivity index (χ0n) is 20.4. The van der Waals surface area contributed by atoms with E-state index in [-0.39, 0.29) is 23.9 Å². The summed E-state index contributed by atoms with van der Waals surface area (Å²) in [6.45, 7) is 4.02. The number of amides is 2. The van der Waals surface area contributed by atoms with Crippen molar-refractivity contribution in [2.45, 2.75) is 45.2 Å². The minimum atomic E-state index is -0.219. The highest BCUT2D eigenvalue weighted by Crippen LogP contribution is 2.42.